The number of hydrogen-bond acceptors (Lipinski definition) is 5. The largest absolute Gasteiger partial charge is 0.364 e. The van der Waals surface area contributed by atoms with Crippen LogP contribution in [0.15, 0.2) is 43.0 Å². The van der Waals surface area contributed by atoms with Crippen molar-refractivity contribution < 1.29 is 4.39 Å². The Morgan fingerprint density at radius 1 is 1.22 bits per heavy atom. The van der Waals surface area contributed by atoms with E-state index in [0.717, 1.165) is 0 Å². The molecule has 4 aromatic rings. The van der Waals surface area contributed by atoms with Crippen LogP contribution in [0.2, 0.25) is 5.28 Å². The third-order valence-electron chi connectivity index (χ3n) is 4.23. The first kappa shape index (κ1) is 17.4. The average Bonchev–Trinajstić information content (AvgIpc) is 3.29. The van der Waals surface area contributed by atoms with Crippen molar-refractivity contribution in [3.8, 4) is 5.69 Å². The summed E-state index contributed by atoms with van der Waals surface area (Å²) in [7, 11) is 0. The molecule has 1 aromatic carbocycles. The summed E-state index contributed by atoms with van der Waals surface area (Å²) >= 11 is 6.09. The van der Waals surface area contributed by atoms with E-state index in [2.05, 4.69) is 25.4 Å². The summed E-state index contributed by atoms with van der Waals surface area (Å²) < 4.78 is 18.0. The number of benzene rings is 1. The van der Waals surface area contributed by atoms with E-state index in [1.807, 2.05) is 24.5 Å². The van der Waals surface area contributed by atoms with Crippen LogP contribution in [-0.2, 0) is 6.54 Å². The Labute approximate surface area is 159 Å². The normalized spacial score (nSPS) is 11.4. The molecule has 3 aromatic heterocycles. The van der Waals surface area contributed by atoms with Gasteiger partial charge in [-0.2, -0.15) is 15.1 Å². The van der Waals surface area contributed by atoms with Crippen molar-refractivity contribution in [3.05, 3.63) is 59.7 Å². The van der Waals surface area contributed by atoms with Gasteiger partial charge in [0.25, 0.3) is 0 Å². The highest BCUT2D eigenvalue weighted by atomic mass is 35.5. The van der Waals surface area contributed by atoms with Crippen LogP contribution in [0.4, 0.5) is 10.2 Å². The molecule has 0 amide bonds. The molecule has 0 atom stereocenters. The van der Waals surface area contributed by atoms with Gasteiger partial charge in [0.15, 0.2) is 17.0 Å². The van der Waals surface area contributed by atoms with Gasteiger partial charge in [0.2, 0.25) is 5.28 Å². The van der Waals surface area contributed by atoms with Crippen LogP contribution >= 0.6 is 11.6 Å². The van der Waals surface area contributed by atoms with Crippen molar-refractivity contribution in [2.75, 3.05) is 5.32 Å². The van der Waals surface area contributed by atoms with E-state index in [-0.39, 0.29) is 23.7 Å². The summed E-state index contributed by atoms with van der Waals surface area (Å²) in [5.41, 5.74) is 2.34. The second-order valence-corrected chi connectivity index (χ2v) is 6.64. The zero-order valence-corrected chi connectivity index (χ0v) is 15.5. The minimum atomic E-state index is -0.334. The molecule has 4 rings (SSSR count). The maximum atomic E-state index is 14.5. The molecule has 1 N–H and O–H groups in total. The third-order valence-corrected chi connectivity index (χ3v) is 4.40. The first-order valence-corrected chi connectivity index (χ1v) is 8.83. The molecule has 0 saturated heterocycles. The zero-order valence-electron chi connectivity index (χ0n) is 14.8. The van der Waals surface area contributed by atoms with Crippen LogP contribution < -0.4 is 5.32 Å². The third kappa shape index (κ3) is 3.23. The van der Waals surface area contributed by atoms with Crippen molar-refractivity contribution in [2.24, 2.45) is 0 Å². The number of aromatic nitrogens is 6. The van der Waals surface area contributed by atoms with Gasteiger partial charge in [0.05, 0.1) is 12.0 Å². The minimum Gasteiger partial charge on any atom is -0.364 e. The molecule has 27 heavy (non-hydrogen) atoms. The molecule has 0 aliphatic heterocycles. The summed E-state index contributed by atoms with van der Waals surface area (Å²) in [6.07, 6.45) is 5.11. The number of hydrogen-bond donors (Lipinski definition) is 1. The molecule has 0 bridgehead atoms. The highest BCUT2D eigenvalue weighted by molar-refractivity contribution is 6.28. The Hall–Kier alpha value is -3.00. The molecule has 0 spiro atoms. The van der Waals surface area contributed by atoms with Gasteiger partial charge in [-0.15, -0.1) is 0 Å². The first-order chi connectivity index (χ1) is 13.0. The number of rotatable bonds is 5. The van der Waals surface area contributed by atoms with Gasteiger partial charge < -0.3 is 9.88 Å². The van der Waals surface area contributed by atoms with E-state index in [4.69, 9.17) is 11.6 Å². The molecular formula is C18H17ClFN7. The fourth-order valence-electron chi connectivity index (χ4n) is 2.91. The van der Waals surface area contributed by atoms with Crippen LogP contribution in [0.1, 0.15) is 25.5 Å². The number of anilines is 1. The summed E-state index contributed by atoms with van der Waals surface area (Å²) in [5, 5.41) is 7.44. The van der Waals surface area contributed by atoms with Crippen LogP contribution in [0.3, 0.4) is 0 Å². The van der Waals surface area contributed by atoms with E-state index in [1.54, 1.807) is 35.5 Å². The van der Waals surface area contributed by atoms with Gasteiger partial charge >= 0.3 is 0 Å². The van der Waals surface area contributed by atoms with E-state index in [9.17, 15) is 4.39 Å². The molecule has 138 valence electrons. The summed E-state index contributed by atoms with van der Waals surface area (Å²) in [4.78, 5) is 12.9. The minimum absolute atomic E-state index is 0.105. The predicted octanol–water partition coefficient (Wildman–Crippen LogP) is 4.00. The quantitative estimate of drug-likeness (QED) is 0.526. The van der Waals surface area contributed by atoms with Crippen molar-refractivity contribution in [3.63, 3.8) is 0 Å². The van der Waals surface area contributed by atoms with Crippen molar-refractivity contribution >= 4 is 28.6 Å². The molecule has 3 heterocycles. The van der Waals surface area contributed by atoms with Crippen molar-refractivity contribution in [1.29, 1.82) is 0 Å². The first-order valence-electron chi connectivity index (χ1n) is 8.46. The Morgan fingerprint density at radius 3 is 2.81 bits per heavy atom. The Balaban J connectivity index is 1.71. The van der Waals surface area contributed by atoms with Gasteiger partial charge in [-0.1, -0.05) is 6.07 Å². The Kier molecular flexibility index (Phi) is 4.49. The van der Waals surface area contributed by atoms with Crippen LogP contribution in [0.5, 0.6) is 0 Å². The lowest BCUT2D eigenvalue weighted by Crippen LogP contribution is -2.10. The smallest absolute Gasteiger partial charge is 0.226 e. The second-order valence-electron chi connectivity index (χ2n) is 6.30. The van der Waals surface area contributed by atoms with E-state index in [1.165, 1.54) is 6.07 Å². The Morgan fingerprint density at radius 2 is 2.07 bits per heavy atom. The number of imidazole rings is 1. The van der Waals surface area contributed by atoms with Gasteiger partial charge in [-0.05, 0) is 43.6 Å². The van der Waals surface area contributed by atoms with Crippen LogP contribution in [0.25, 0.3) is 16.9 Å². The number of halogens is 2. The number of fused-ring (bicyclic) bond motifs is 1. The van der Waals surface area contributed by atoms with E-state index < -0.39 is 0 Å². The van der Waals surface area contributed by atoms with E-state index >= 15 is 0 Å². The van der Waals surface area contributed by atoms with Gasteiger partial charge in [-0.3, -0.25) is 0 Å². The maximum Gasteiger partial charge on any atom is 0.226 e. The van der Waals surface area contributed by atoms with Crippen molar-refractivity contribution in [1.82, 2.24) is 29.3 Å². The summed E-state index contributed by atoms with van der Waals surface area (Å²) in [5.74, 6) is 0.124. The molecular weight excluding hydrogens is 369 g/mol. The van der Waals surface area contributed by atoms with Crippen molar-refractivity contribution in [2.45, 2.75) is 26.4 Å². The number of nitrogens with one attached hydrogen (secondary N) is 1. The fraction of sp³-hybridized carbons (Fsp3) is 0.222. The number of nitrogens with zero attached hydrogens (tertiary/aromatic N) is 6. The Bertz CT molecular complexity index is 1090. The lowest BCUT2D eigenvalue weighted by molar-refractivity contribution is 0.609. The highest BCUT2D eigenvalue weighted by Crippen LogP contribution is 2.25. The lowest BCUT2D eigenvalue weighted by atomic mass is 10.1. The molecule has 0 unspecified atom stereocenters. The van der Waals surface area contributed by atoms with Crippen LogP contribution in [0, 0.1) is 5.82 Å². The molecule has 0 aliphatic rings. The molecule has 9 heteroatoms. The molecule has 0 radical (unpaired) electrons. The van der Waals surface area contributed by atoms with E-state index in [0.29, 0.717) is 28.2 Å². The monoisotopic (exact) mass is 385 g/mol. The van der Waals surface area contributed by atoms with Gasteiger partial charge in [-0.25, -0.2) is 14.1 Å². The summed E-state index contributed by atoms with van der Waals surface area (Å²) in [6.45, 7) is 4.25. The SMILES string of the molecule is CC(C)n1cnc2c(NCc3c(F)cccc3-n3cccn3)nc(Cl)nc21. The second kappa shape index (κ2) is 6.96. The molecule has 0 saturated carbocycles. The van der Waals surface area contributed by atoms with Gasteiger partial charge in [0.1, 0.15) is 5.82 Å². The average molecular weight is 386 g/mol. The molecule has 0 aliphatic carbocycles. The highest BCUT2D eigenvalue weighted by Gasteiger charge is 2.16. The molecule has 0 fully saturated rings. The van der Waals surface area contributed by atoms with Gasteiger partial charge in [0, 0.05) is 30.5 Å². The fourth-order valence-corrected chi connectivity index (χ4v) is 3.08. The lowest BCUT2D eigenvalue weighted by Gasteiger charge is -2.13. The standard InChI is InChI=1S/C18H17ClFN7/c1-11(2)26-10-22-15-16(24-18(19)25-17(15)26)21-9-12-13(20)5-3-6-14(12)27-8-4-7-23-27/h3-8,10-11H,9H2,1-2H3,(H,21,24,25). The molecule has 7 nitrogen and oxygen atoms in total. The predicted molar refractivity (Wildman–Crippen MR) is 102 cm³/mol. The zero-order chi connectivity index (χ0) is 19.0. The maximum absolute atomic E-state index is 14.5. The van der Waals surface area contributed by atoms with Crippen LogP contribution in [-0.4, -0.2) is 29.3 Å². The topological polar surface area (TPSA) is 73.5 Å². The summed E-state index contributed by atoms with van der Waals surface area (Å²) in [6, 6.07) is 6.84.